The number of aliphatic carboxylic acids is 1. The fourth-order valence-electron chi connectivity index (χ4n) is 1.47. The molecular formula is C13H12ClNO2S2. The smallest absolute Gasteiger partial charge is 0.303 e. The highest BCUT2D eigenvalue weighted by molar-refractivity contribution is 7.98. The summed E-state index contributed by atoms with van der Waals surface area (Å²) < 4.78 is 0. The molecule has 0 aliphatic heterocycles. The standard InChI is InChI=1S/C13H12ClNO2S2/c14-10-3-1-2-4-11(10)18-8-12-15-9(7-19-12)5-6-13(16)17/h1-4,7H,5-6,8H2,(H,16,17). The van der Waals surface area contributed by atoms with Crippen LogP contribution in [0.2, 0.25) is 5.02 Å². The number of benzene rings is 1. The third-order valence-electron chi connectivity index (χ3n) is 2.38. The van der Waals surface area contributed by atoms with Gasteiger partial charge in [0.1, 0.15) is 5.01 Å². The summed E-state index contributed by atoms with van der Waals surface area (Å²) in [6, 6.07) is 7.70. The lowest BCUT2D eigenvalue weighted by Gasteiger charge is -2.01. The van der Waals surface area contributed by atoms with Gasteiger partial charge in [0.25, 0.3) is 0 Å². The minimum atomic E-state index is -0.792. The molecule has 1 aromatic heterocycles. The highest BCUT2D eigenvalue weighted by Crippen LogP contribution is 2.30. The number of nitrogens with zero attached hydrogens (tertiary/aromatic N) is 1. The van der Waals surface area contributed by atoms with Crippen molar-refractivity contribution in [3.63, 3.8) is 0 Å². The molecule has 2 aromatic rings. The molecule has 0 atom stereocenters. The van der Waals surface area contributed by atoms with Crippen molar-refractivity contribution < 1.29 is 9.90 Å². The van der Waals surface area contributed by atoms with Crippen molar-refractivity contribution >= 4 is 40.7 Å². The van der Waals surface area contributed by atoms with E-state index >= 15 is 0 Å². The Labute approximate surface area is 124 Å². The van der Waals surface area contributed by atoms with E-state index in [-0.39, 0.29) is 6.42 Å². The van der Waals surface area contributed by atoms with Gasteiger partial charge >= 0.3 is 5.97 Å². The Kier molecular flexibility index (Phi) is 5.24. The van der Waals surface area contributed by atoms with Crippen LogP contribution in [-0.2, 0) is 17.0 Å². The van der Waals surface area contributed by atoms with Gasteiger partial charge in [-0.3, -0.25) is 4.79 Å². The molecule has 0 radical (unpaired) electrons. The zero-order valence-electron chi connectivity index (χ0n) is 10.0. The van der Waals surface area contributed by atoms with E-state index in [1.54, 1.807) is 23.1 Å². The van der Waals surface area contributed by atoms with Gasteiger partial charge in [0.05, 0.1) is 22.9 Å². The van der Waals surface area contributed by atoms with Crippen LogP contribution in [0, 0.1) is 0 Å². The van der Waals surface area contributed by atoms with E-state index in [2.05, 4.69) is 4.98 Å². The van der Waals surface area contributed by atoms with Crippen molar-refractivity contribution in [3.05, 3.63) is 45.4 Å². The topological polar surface area (TPSA) is 50.2 Å². The fourth-order valence-corrected chi connectivity index (χ4v) is 3.55. The molecule has 0 saturated heterocycles. The number of aryl methyl sites for hydroxylation is 1. The monoisotopic (exact) mass is 313 g/mol. The maximum atomic E-state index is 10.5. The van der Waals surface area contributed by atoms with Gasteiger partial charge in [-0.05, 0) is 12.1 Å². The van der Waals surface area contributed by atoms with Crippen LogP contribution in [0.15, 0.2) is 34.5 Å². The minimum absolute atomic E-state index is 0.126. The minimum Gasteiger partial charge on any atom is -0.481 e. The van der Waals surface area contributed by atoms with E-state index in [9.17, 15) is 4.79 Å². The molecule has 0 spiro atoms. The van der Waals surface area contributed by atoms with Crippen LogP contribution >= 0.6 is 34.7 Å². The third-order valence-corrected chi connectivity index (χ3v) is 4.99. The van der Waals surface area contributed by atoms with Gasteiger partial charge in [0.15, 0.2) is 0 Å². The van der Waals surface area contributed by atoms with Gasteiger partial charge < -0.3 is 5.11 Å². The Balaban J connectivity index is 1.90. The van der Waals surface area contributed by atoms with E-state index in [0.29, 0.717) is 6.42 Å². The van der Waals surface area contributed by atoms with E-state index in [1.165, 1.54) is 0 Å². The van der Waals surface area contributed by atoms with Crippen molar-refractivity contribution in [2.45, 2.75) is 23.5 Å². The quantitative estimate of drug-likeness (QED) is 0.815. The number of hydrogen-bond donors (Lipinski definition) is 1. The van der Waals surface area contributed by atoms with Crippen LogP contribution in [-0.4, -0.2) is 16.1 Å². The molecule has 19 heavy (non-hydrogen) atoms. The summed E-state index contributed by atoms with van der Waals surface area (Å²) in [5.74, 6) is -0.0402. The van der Waals surface area contributed by atoms with Gasteiger partial charge in [0, 0.05) is 16.7 Å². The first-order valence-corrected chi connectivity index (χ1v) is 7.92. The van der Waals surface area contributed by atoms with Crippen molar-refractivity contribution in [2.24, 2.45) is 0 Å². The van der Waals surface area contributed by atoms with Gasteiger partial charge in [0.2, 0.25) is 0 Å². The number of halogens is 1. The highest BCUT2D eigenvalue weighted by Gasteiger charge is 2.06. The number of thioether (sulfide) groups is 1. The number of hydrogen-bond acceptors (Lipinski definition) is 4. The normalized spacial score (nSPS) is 10.6. The summed E-state index contributed by atoms with van der Waals surface area (Å²) in [5, 5.41) is 12.3. The van der Waals surface area contributed by atoms with E-state index < -0.39 is 5.97 Å². The largest absolute Gasteiger partial charge is 0.481 e. The molecular weight excluding hydrogens is 302 g/mol. The lowest BCUT2D eigenvalue weighted by molar-refractivity contribution is -0.136. The molecule has 0 fully saturated rings. The second kappa shape index (κ2) is 6.93. The number of carboxylic acids is 1. The first-order chi connectivity index (χ1) is 9.15. The third kappa shape index (κ3) is 4.53. The Morgan fingerprint density at radius 2 is 2.21 bits per heavy atom. The first-order valence-electron chi connectivity index (χ1n) is 5.67. The van der Waals surface area contributed by atoms with Crippen molar-refractivity contribution in [2.75, 3.05) is 0 Å². The number of aromatic nitrogens is 1. The summed E-state index contributed by atoms with van der Waals surface area (Å²) in [6.07, 6.45) is 0.615. The average Bonchev–Trinajstić information content (AvgIpc) is 2.83. The molecule has 0 saturated carbocycles. The maximum absolute atomic E-state index is 10.5. The van der Waals surface area contributed by atoms with E-state index in [4.69, 9.17) is 16.7 Å². The Bertz CT molecular complexity index is 571. The van der Waals surface area contributed by atoms with Crippen molar-refractivity contribution in [1.82, 2.24) is 4.98 Å². The lowest BCUT2D eigenvalue weighted by atomic mass is 10.2. The predicted molar refractivity (Wildman–Crippen MR) is 79.1 cm³/mol. The number of rotatable bonds is 6. The zero-order valence-corrected chi connectivity index (χ0v) is 12.4. The molecule has 0 aliphatic rings. The van der Waals surface area contributed by atoms with Gasteiger partial charge in [-0.2, -0.15) is 0 Å². The molecule has 3 nitrogen and oxygen atoms in total. The molecule has 1 N–H and O–H groups in total. The molecule has 2 rings (SSSR count). The molecule has 0 unspecified atom stereocenters. The molecule has 0 aliphatic carbocycles. The van der Waals surface area contributed by atoms with Crippen molar-refractivity contribution in [1.29, 1.82) is 0 Å². The van der Waals surface area contributed by atoms with Crippen LogP contribution in [0.5, 0.6) is 0 Å². The highest BCUT2D eigenvalue weighted by atomic mass is 35.5. The summed E-state index contributed by atoms with van der Waals surface area (Å²) in [7, 11) is 0. The summed E-state index contributed by atoms with van der Waals surface area (Å²) in [5.41, 5.74) is 0.849. The number of carboxylic acid groups (broad SMARTS) is 1. The summed E-state index contributed by atoms with van der Waals surface area (Å²) >= 11 is 9.27. The summed E-state index contributed by atoms with van der Waals surface area (Å²) in [4.78, 5) is 15.9. The second-order valence-electron chi connectivity index (χ2n) is 3.85. The van der Waals surface area contributed by atoms with Gasteiger partial charge in [-0.1, -0.05) is 23.7 Å². The Morgan fingerprint density at radius 3 is 2.95 bits per heavy atom. The number of thiazole rings is 1. The molecule has 0 amide bonds. The summed E-state index contributed by atoms with van der Waals surface area (Å²) in [6.45, 7) is 0. The van der Waals surface area contributed by atoms with Crippen LogP contribution in [0.4, 0.5) is 0 Å². The molecule has 6 heteroatoms. The SMILES string of the molecule is O=C(O)CCc1csc(CSc2ccccc2Cl)n1. The van der Waals surface area contributed by atoms with Crippen LogP contribution in [0.3, 0.4) is 0 Å². The van der Waals surface area contributed by atoms with Crippen LogP contribution in [0.1, 0.15) is 17.1 Å². The first kappa shape index (κ1) is 14.4. The predicted octanol–water partition coefficient (Wildman–Crippen LogP) is 4.11. The van der Waals surface area contributed by atoms with Gasteiger partial charge in [-0.25, -0.2) is 4.98 Å². The van der Waals surface area contributed by atoms with E-state index in [0.717, 1.165) is 26.4 Å². The van der Waals surface area contributed by atoms with E-state index in [1.807, 2.05) is 29.6 Å². The van der Waals surface area contributed by atoms with Gasteiger partial charge in [-0.15, -0.1) is 23.1 Å². The number of carbonyl (C=O) groups is 1. The lowest BCUT2D eigenvalue weighted by Crippen LogP contribution is -1.97. The Morgan fingerprint density at radius 1 is 1.42 bits per heavy atom. The van der Waals surface area contributed by atoms with Crippen LogP contribution in [0.25, 0.3) is 0 Å². The van der Waals surface area contributed by atoms with Crippen molar-refractivity contribution in [3.8, 4) is 0 Å². The Hall–Kier alpha value is -1.04. The molecule has 0 bridgehead atoms. The molecule has 1 heterocycles. The fraction of sp³-hybridized carbons (Fsp3) is 0.231. The zero-order chi connectivity index (χ0) is 13.7. The average molecular weight is 314 g/mol. The maximum Gasteiger partial charge on any atom is 0.303 e. The molecule has 100 valence electrons. The molecule has 1 aromatic carbocycles. The van der Waals surface area contributed by atoms with Crippen LogP contribution < -0.4 is 0 Å². The second-order valence-corrected chi connectivity index (χ2v) is 6.21.